The van der Waals surface area contributed by atoms with E-state index in [0.717, 1.165) is 24.0 Å². The van der Waals surface area contributed by atoms with E-state index in [1.165, 1.54) is 64.2 Å². The highest BCUT2D eigenvalue weighted by Crippen LogP contribution is 2.29. The first kappa shape index (κ1) is 44.2. The fourth-order valence-corrected chi connectivity index (χ4v) is 5.17. The first-order chi connectivity index (χ1) is 25.2. The average Bonchev–Trinajstić information content (AvgIpc) is 3.15. The number of rotatable bonds is 34. The van der Waals surface area contributed by atoms with Crippen LogP contribution in [0.1, 0.15) is 105 Å². The van der Waals surface area contributed by atoms with Crippen molar-refractivity contribution in [1.29, 1.82) is 0 Å². The summed E-state index contributed by atoms with van der Waals surface area (Å²) < 4.78 is 38.9. The van der Waals surface area contributed by atoms with Crippen molar-refractivity contribution in [3.8, 4) is 11.5 Å². The Morgan fingerprint density at radius 1 is 0.510 bits per heavy atom. The molecule has 0 radical (unpaired) electrons. The Labute approximate surface area is 306 Å². The lowest BCUT2D eigenvalue weighted by Crippen LogP contribution is -2.13. The van der Waals surface area contributed by atoms with Gasteiger partial charge >= 0.3 is 5.97 Å². The van der Waals surface area contributed by atoms with Gasteiger partial charge in [-0.15, -0.1) is 0 Å². The molecule has 0 bridgehead atoms. The van der Waals surface area contributed by atoms with Gasteiger partial charge in [-0.1, -0.05) is 108 Å². The summed E-state index contributed by atoms with van der Waals surface area (Å²) in [7, 11) is 0. The molecule has 10 heteroatoms. The number of hydrogen-bond acceptors (Lipinski definition) is 10. The van der Waals surface area contributed by atoms with Crippen molar-refractivity contribution >= 4 is 18.1 Å². The van der Waals surface area contributed by atoms with Crippen LogP contribution in [0, 0.1) is 0 Å². The molecule has 288 valence electrons. The normalized spacial score (nSPS) is 11.4. The zero-order valence-corrected chi connectivity index (χ0v) is 31.0. The third-order valence-corrected chi connectivity index (χ3v) is 8.00. The van der Waals surface area contributed by atoms with Crippen molar-refractivity contribution in [3.05, 3.63) is 59.2 Å². The quantitative estimate of drug-likeness (QED) is 0.0427. The van der Waals surface area contributed by atoms with E-state index in [2.05, 4.69) is 6.92 Å². The van der Waals surface area contributed by atoms with E-state index in [4.69, 9.17) is 43.4 Å². The van der Waals surface area contributed by atoms with Gasteiger partial charge in [-0.05, 0) is 41.8 Å². The Kier molecular flexibility index (Phi) is 27.5. The minimum atomic E-state index is -0.284. The standard InChI is InChI=1S/C41H64O10/c1-2-3-4-5-6-7-8-9-10-11-12-13-24-51-41(44)38-19-16-36(17-20-38)14-15-37-18-21-39(49-33-31-47-29-27-45-25-22-42)40(35-37)50-34-32-48-30-28-46-26-23-43/h14-21,35,42-43H,2-13,22-34H2,1H3/b15-14+. The molecule has 10 nitrogen and oxygen atoms in total. The lowest BCUT2D eigenvalue weighted by molar-refractivity contribution is 0.0223. The van der Waals surface area contributed by atoms with Crippen LogP contribution < -0.4 is 9.47 Å². The Morgan fingerprint density at radius 2 is 0.961 bits per heavy atom. The topological polar surface area (TPSA) is 122 Å². The maximum atomic E-state index is 12.5. The molecular weight excluding hydrogens is 652 g/mol. The van der Waals surface area contributed by atoms with Crippen LogP contribution in [0.3, 0.4) is 0 Å². The summed E-state index contributed by atoms with van der Waals surface area (Å²) in [6.07, 6.45) is 19.2. The summed E-state index contributed by atoms with van der Waals surface area (Å²) in [6, 6.07) is 13.1. The van der Waals surface area contributed by atoms with Crippen LogP contribution in [0.5, 0.6) is 11.5 Å². The Hall–Kier alpha value is -2.99. The number of unbranched alkanes of at least 4 members (excludes halogenated alkanes) is 11. The van der Waals surface area contributed by atoms with Crippen molar-refractivity contribution in [2.75, 3.05) is 85.9 Å². The Bertz CT molecular complexity index is 1140. The van der Waals surface area contributed by atoms with E-state index < -0.39 is 0 Å². The van der Waals surface area contributed by atoms with Crippen LogP contribution in [-0.2, 0) is 23.7 Å². The second kappa shape index (κ2) is 31.7. The number of esters is 1. The number of benzene rings is 2. The fraction of sp³-hybridized carbons (Fsp3) is 0.634. The largest absolute Gasteiger partial charge is 0.487 e. The van der Waals surface area contributed by atoms with Crippen molar-refractivity contribution < 1.29 is 48.2 Å². The molecule has 0 amide bonds. The first-order valence-electron chi connectivity index (χ1n) is 19.1. The lowest BCUT2D eigenvalue weighted by atomic mass is 10.1. The van der Waals surface area contributed by atoms with Crippen LogP contribution in [0.25, 0.3) is 12.2 Å². The number of ether oxygens (including phenoxy) is 7. The monoisotopic (exact) mass is 716 g/mol. The molecule has 0 aliphatic rings. The van der Waals surface area contributed by atoms with Gasteiger partial charge in [0.25, 0.3) is 0 Å². The lowest BCUT2D eigenvalue weighted by Gasteiger charge is -2.14. The molecule has 2 N–H and O–H groups in total. The Balaban J connectivity index is 1.76. The molecule has 0 aliphatic heterocycles. The van der Waals surface area contributed by atoms with Gasteiger partial charge in [-0.2, -0.15) is 0 Å². The molecule has 0 saturated carbocycles. The van der Waals surface area contributed by atoms with Crippen molar-refractivity contribution in [2.24, 2.45) is 0 Å². The van der Waals surface area contributed by atoms with E-state index in [1.54, 1.807) is 12.1 Å². The van der Waals surface area contributed by atoms with E-state index in [1.807, 2.05) is 42.5 Å². The molecule has 2 aromatic carbocycles. The van der Waals surface area contributed by atoms with Crippen molar-refractivity contribution in [2.45, 2.75) is 84.0 Å². The van der Waals surface area contributed by atoms with Gasteiger partial charge in [0.2, 0.25) is 0 Å². The van der Waals surface area contributed by atoms with E-state index in [-0.39, 0.29) is 25.8 Å². The summed E-state index contributed by atoms with van der Waals surface area (Å²) in [4.78, 5) is 12.5. The maximum absolute atomic E-state index is 12.5. The van der Waals surface area contributed by atoms with E-state index >= 15 is 0 Å². The van der Waals surface area contributed by atoms with Crippen LogP contribution >= 0.6 is 0 Å². The fourth-order valence-electron chi connectivity index (χ4n) is 5.17. The number of carbonyl (C=O) groups excluding carboxylic acids is 1. The molecule has 2 rings (SSSR count). The molecule has 51 heavy (non-hydrogen) atoms. The van der Waals surface area contributed by atoms with E-state index in [9.17, 15) is 4.79 Å². The number of aliphatic hydroxyl groups excluding tert-OH is 2. The third kappa shape index (κ3) is 23.2. The van der Waals surface area contributed by atoms with Gasteiger partial charge in [0.15, 0.2) is 11.5 Å². The first-order valence-corrected chi connectivity index (χ1v) is 19.1. The number of hydrogen-bond donors (Lipinski definition) is 2. The van der Waals surface area contributed by atoms with Gasteiger partial charge in [0.1, 0.15) is 13.2 Å². The highest BCUT2D eigenvalue weighted by molar-refractivity contribution is 5.89. The summed E-state index contributed by atoms with van der Waals surface area (Å²) in [6.45, 7) is 6.30. The average molecular weight is 717 g/mol. The van der Waals surface area contributed by atoms with Crippen LogP contribution in [0.4, 0.5) is 0 Å². The van der Waals surface area contributed by atoms with Crippen LogP contribution in [0.15, 0.2) is 42.5 Å². The van der Waals surface area contributed by atoms with Crippen LogP contribution in [-0.4, -0.2) is 102 Å². The SMILES string of the molecule is CCCCCCCCCCCCCCOC(=O)c1ccc(/C=C/c2ccc(OCCOCCOCCO)c(OCCOCCOCCO)c2)cc1. The summed E-state index contributed by atoms with van der Waals surface area (Å²) in [5.41, 5.74) is 2.42. The second-order valence-electron chi connectivity index (χ2n) is 12.3. The van der Waals surface area contributed by atoms with Gasteiger partial charge in [0, 0.05) is 0 Å². The number of aliphatic hydroxyl groups is 2. The van der Waals surface area contributed by atoms with Gasteiger partial charge in [0.05, 0.1) is 78.2 Å². The molecule has 0 spiro atoms. The zero-order valence-electron chi connectivity index (χ0n) is 31.0. The molecule has 0 aromatic heterocycles. The molecule has 0 aliphatic carbocycles. The highest BCUT2D eigenvalue weighted by atomic mass is 16.6. The minimum absolute atomic E-state index is 0.0120. The maximum Gasteiger partial charge on any atom is 0.338 e. The molecule has 0 atom stereocenters. The second-order valence-corrected chi connectivity index (χ2v) is 12.3. The zero-order chi connectivity index (χ0) is 36.5. The van der Waals surface area contributed by atoms with Gasteiger partial charge in [-0.3, -0.25) is 0 Å². The third-order valence-electron chi connectivity index (χ3n) is 8.00. The van der Waals surface area contributed by atoms with Gasteiger partial charge < -0.3 is 43.4 Å². The predicted molar refractivity (Wildman–Crippen MR) is 202 cm³/mol. The van der Waals surface area contributed by atoms with Gasteiger partial charge in [-0.25, -0.2) is 4.79 Å². The molecule has 0 fully saturated rings. The molecule has 0 unspecified atom stereocenters. The predicted octanol–water partition coefficient (Wildman–Crippen LogP) is 7.52. The molecule has 2 aromatic rings. The van der Waals surface area contributed by atoms with Crippen LogP contribution in [0.2, 0.25) is 0 Å². The smallest absolute Gasteiger partial charge is 0.338 e. The molecular formula is C41H64O10. The van der Waals surface area contributed by atoms with E-state index in [0.29, 0.717) is 83.1 Å². The van der Waals surface area contributed by atoms with Crippen molar-refractivity contribution in [3.63, 3.8) is 0 Å². The summed E-state index contributed by atoms with van der Waals surface area (Å²) in [5, 5.41) is 17.6. The molecule has 0 saturated heterocycles. The summed E-state index contributed by atoms with van der Waals surface area (Å²) >= 11 is 0. The summed E-state index contributed by atoms with van der Waals surface area (Å²) in [5.74, 6) is 0.882. The minimum Gasteiger partial charge on any atom is -0.487 e. The molecule has 0 heterocycles. The number of carbonyl (C=O) groups is 1. The highest BCUT2D eigenvalue weighted by Gasteiger charge is 2.09. The van der Waals surface area contributed by atoms with Crippen molar-refractivity contribution in [1.82, 2.24) is 0 Å². The Morgan fingerprint density at radius 3 is 1.51 bits per heavy atom.